The van der Waals surface area contributed by atoms with Gasteiger partial charge in [0.05, 0.1) is 11.6 Å². The smallest absolute Gasteiger partial charge is 0.249 e. The van der Waals surface area contributed by atoms with Gasteiger partial charge in [-0.2, -0.15) is 0 Å². The van der Waals surface area contributed by atoms with Crippen LogP contribution in [0, 0.1) is 12.7 Å². The predicted octanol–water partition coefficient (Wildman–Crippen LogP) is 3.95. The summed E-state index contributed by atoms with van der Waals surface area (Å²) in [6, 6.07) is 19.4. The van der Waals surface area contributed by atoms with E-state index in [0.29, 0.717) is 35.4 Å². The maximum absolute atomic E-state index is 14.0. The topological polar surface area (TPSA) is 89.4 Å². The molecular weight excluding hydrogens is 473 g/mol. The van der Waals surface area contributed by atoms with Crippen molar-refractivity contribution < 1.29 is 18.7 Å². The molecule has 8 nitrogen and oxygen atoms in total. The molecule has 1 N–H and O–H groups in total. The Morgan fingerprint density at radius 1 is 1.11 bits per heavy atom. The minimum Gasteiger partial charge on any atom is -0.376 e. The van der Waals surface area contributed by atoms with E-state index in [-0.39, 0.29) is 24.5 Å². The summed E-state index contributed by atoms with van der Waals surface area (Å²) in [5, 5.41) is 11.3. The Hall–Kier alpha value is -4.11. The molecule has 0 unspecified atom stereocenters. The third kappa shape index (κ3) is 5.36. The summed E-state index contributed by atoms with van der Waals surface area (Å²) in [6.45, 7) is 2.75. The van der Waals surface area contributed by atoms with Crippen LogP contribution in [-0.2, 0) is 20.9 Å². The highest BCUT2D eigenvalue weighted by molar-refractivity contribution is 6.02. The number of carbonyl (C=O) groups excluding carboxylic acids is 2. The van der Waals surface area contributed by atoms with E-state index in [1.165, 1.54) is 33.8 Å². The number of hydrogen-bond donors (Lipinski definition) is 1. The number of carbonyl (C=O) groups is 2. The van der Waals surface area contributed by atoms with Crippen LogP contribution in [0.25, 0.3) is 11.0 Å². The van der Waals surface area contributed by atoms with Crippen LogP contribution in [0.2, 0.25) is 0 Å². The van der Waals surface area contributed by atoms with Gasteiger partial charge < -0.3 is 10.1 Å². The van der Waals surface area contributed by atoms with Crippen LogP contribution in [0.1, 0.15) is 30.0 Å². The van der Waals surface area contributed by atoms with Gasteiger partial charge in [0.25, 0.3) is 0 Å². The number of aromatic nitrogens is 3. The Balaban J connectivity index is 1.54. The van der Waals surface area contributed by atoms with Gasteiger partial charge in [-0.15, -0.1) is 5.10 Å². The molecule has 1 saturated heterocycles. The van der Waals surface area contributed by atoms with Gasteiger partial charge in [0.15, 0.2) is 0 Å². The first kappa shape index (κ1) is 24.6. The SMILES string of the molecule is Cc1ccccc1N(C(=O)Cn1nnc2ccccc21)[C@@H](C(=O)NC[C@@H]1CCCO1)c1ccc(F)cc1. The Kier molecular flexibility index (Phi) is 7.23. The maximum Gasteiger partial charge on any atom is 0.249 e. The largest absolute Gasteiger partial charge is 0.376 e. The quantitative estimate of drug-likeness (QED) is 0.395. The number of halogens is 1. The van der Waals surface area contributed by atoms with E-state index in [2.05, 4.69) is 15.6 Å². The van der Waals surface area contributed by atoms with Crippen molar-refractivity contribution >= 4 is 28.5 Å². The monoisotopic (exact) mass is 501 g/mol. The summed E-state index contributed by atoms with van der Waals surface area (Å²) in [5.41, 5.74) is 3.27. The molecule has 2 heterocycles. The second-order valence-electron chi connectivity index (χ2n) is 9.12. The van der Waals surface area contributed by atoms with E-state index < -0.39 is 11.9 Å². The summed E-state index contributed by atoms with van der Waals surface area (Å²) in [6.07, 6.45) is 1.74. The zero-order valence-electron chi connectivity index (χ0n) is 20.5. The van der Waals surface area contributed by atoms with E-state index >= 15 is 0 Å². The number of anilines is 1. The molecule has 0 saturated carbocycles. The van der Waals surface area contributed by atoms with E-state index in [0.717, 1.165) is 18.4 Å². The Bertz CT molecular complexity index is 1400. The molecule has 1 aliphatic heterocycles. The molecule has 4 aromatic rings. The fourth-order valence-corrected chi connectivity index (χ4v) is 4.67. The molecule has 1 aliphatic rings. The van der Waals surface area contributed by atoms with Crippen molar-refractivity contribution in [3.8, 4) is 0 Å². The van der Waals surface area contributed by atoms with Gasteiger partial charge >= 0.3 is 0 Å². The molecule has 5 rings (SSSR count). The molecule has 37 heavy (non-hydrogen) atoms. The summed E-state index contributed by atoms with van der Waals surface area (Å²) >= 11 is 0. The number of aryl methyl sites for hydroxylation is 1. The highest BCUT2D eigenvalue weighted by Gasteiger charge is 2.34. The molecule has 3 aromatic carbocycles. The summed E-state index contributed by atoms with van der Waals surface area (Å²) < 4.78 is 21.0. The van der Waals surface area contributed by atoms with Crippen molar-refractivity contribution in [2.75, 3.05) is 18.1 Å². The molecule has 1 aromatic heterocycles. The number of ether oxygens (including phenoxy) is 1. The first-order chi connectivity index (χ1) is 18.0. The van der Waals surface area contributed by atoms with Crippen LogP contribution in [0.15, 0.2) is 72.8 Å². The Morgan fingerprint density at radius 2 is 1.86 bits per heavy atom. The van der Waals surface area contributed by atoms with Crippen LogP contribution in [0.4, 0.5) is 10.1 Å². The summed E-state index contributed by atoms with van der Waals surface area (Å²) in [4.78, 5) is 29.2. The number of nitrogens with zero attached hydrogens (tertiary/aromatic N) is 4. The van der Waals surface area contributed by atoms with Gasteiger partial charge in [-0.05, 0) is 61.2 Å². The van der Waals surface area contributed by atoms with Crippen molar-refractivity contribution in [1.29, 1.82) is 0 Å². The standard InChI is InChI=1S/C28H28FN5O3/c1-19-7-2-4-10-24(19)34(26(35)18-33-25-11-5-3-9-23(25)31-32-33)27(20-12-14-21(29)15-13-20)28(36)30-17-22-8-6-16-37-22/h2-5,7,9-15,22,27H,6,8,16-18H2,1H3,(H,30,36)/t22-,27+/m0/s1. The lowest BCUT2D eigenvalue weighted by atomic mass is 10.0. The first-order valence-electron chi connectivity index (χ1n) is 12.3. The van der Waals surface area contributed by atoms with Crippen LogP contribution in [0.5, 0.6) is 0 Å². The molecule has 9 heteroatoms. The summed E-state index contributed by atoms with van der Waals surface area (Å²) in [5.74, 6) is -1.15. The van der Waals surface area contributed by atoms with Crippen molar-refractivity contribution in [2.24, 2.45) is 0 Å². The third-order valence-corrected chi connectivity index (χ3v) is 6.57. The van der Waals surface area contributed by atoms with Gasteiger partial charge in [-0.3, -0.25) is 14.5 Å². The zero-order valence-corrected chi connectivity index (χ0v) is 20.5. The number of fused-ring (bicyclic) bond motifs is 1. The van der Waals surface area contributed by atoms with Crippen LogP contribution in [-0.4, -0.2) is 46.1 Å². The number of nitrogens with one attached hydrogen (secondary N) is 1. The van der Waals surface area contributed by atoms with E-state index in [9.17, 15) is 14.0 Å². The van der Waals surface area contributed by atoms with Gasteiger partial charge in [0.2, 0.25) is 11.8 Å². The fourth-order valence-electron chi connectivity index (χ4n) is 4.67. The van der Waals surface area contributed by atoms with Crippen molar-refractivity contribution in [3.63, 3.8) is 0 Å². The molecule has 0 aliphatic carbocycles. The van der Waals surface area contributed by atoms with Gasteiger partial charge in [0, 0.05) is 18.8 Å². The molecule has 0 radical (unpaired) electrons. The minimum absolute atomic E-state index is 0.0676. The van der Waals surface area contributed by atoms with Gasteiger partial charge in [0.1, 0.15) is 23.9 Å². The average Bonchev–Trinajstić information content (AvgIpc) is 3.58. The van der Waals surface area contributed by atoms with Crippen LogP contribution in [0.3, 0.4) is 0 Å². The van der Waals surface area contributed by atoms with Crippen molar-refractivity contribution in [1.82, 2.24) is 20.3 Å². The van der Waals surface area contributed by atoms with E-state index in [1.807, 2.05) is 49.4 Å². The number of amides is 2. The third-order valence-electron chi connectivity index (χ3n) is 6.57. The van der Waals surface area contributed by atoms with Crippen LogP contribution >= 0.6 is 0 Å². The lowest BCUT2D eigenvalue weighted by Crippen LogP contribution is -2.47. The molecule has 0 bridgehead atoms. The molecule has 190 valence electrons. The highest BCUT2D eigenvalue weighted by Crippen LogP contribution is 2.31. The molecule has 2 atom stereocenters. The Morgan fingerprint density at radius 3 is 2.62 bits per heavy atom. The number of para-hydroxylation sites is 2. The highest BCUT2D eigenvalue weighted by atomic mass is 19.1. The fraction of sp³-hybridized carbons (Fsp3) is 0.286. The average molecular weight is 502 g/mol. The molecule has 2 amide bonds. The number of benzene rings is 3. The second-order valence-corrected chi connectivity index (χ2v) is 9.12. The number of rotatable bonds is 8. The van der Waals surface area contributed by atoms with Crippen molar-refractivity contribution in [2.45, 2.75) is 38.5 Å². The maximum atomic E-state index is 14.0. The second kappa shape index (κ2) is 10.9. The van der Waals surface area contributed by atoms with Crippen LogP contribution < -0.4 is 10.2 Å². The van der Waals surface area contributed by atoms with E-state index in [1.54, 1.807) is 6.07 Å². The van der Waals surface area contributed by atoms with Crippen molar-refractivity contribution in [3.05, 3.63) is 89.7 Å². The number of hydrogen-bond acceptors (Lipinski definition) is 5. The zero-order chi connectivity index (χ0) is 25.8. The Labute approximate surface area is 214 Å². The molecular formula is C28H28FN5O3. The predicted molar refractivity (Wildman–Crippen MR) is 137 cm³/mol. The molecule has 1 fully saturated rings. The minimum atomic E-state index is -1.04. The van der Waals surface area contributed by atoms with E-state index in [4.69, 9.17) is 4.74 Å². The summed E-state index contributed by atoms with van der Waals surface area (Å²) in [7, 11) is 0. The van der Waals surface area contributed by atoms with Gasteiger partial charge in [-0.1, -0.05) is 47.7 Å². The first-order valence-corrected chi connectivity index (χ1v) is 12.3. The lowest BCUT2D eigenvalue weighted by molar-refractivity contribution is -0.127. The lowest BCUT2D eigenvalue weighted by Gasteiger charge is -2.33. The van der Waals surface area contributed by atoms with Gasteiger partial charge in [-0.25, -0.2) is 9.07 Å². The molecule has 0 spiro atoms. The normalized spacial score (nSPS) is 16.0.